The Morgan fingerprint density at radius 3 is 2.50 bits per heavy atom. The highest BCUT2D eigenvalue weighted by Crippen LogP contribution is 2.24. The molecule has 0 unspecified atom stereocenters. The number of hydrogen-bond acceptors (Lipinski definition) is 6. The van der Waals surface area contributed by atoms with Gasteiger partial charge in [0, 0.05) is 32.6 Å². The highest BCUT2D eigenvalue weighted by molar-refractivity contribution is 7.89. The summed E-state index contributed by atoms with van der Waals surface area (Å²) in [7, 11) is -2.18. The number of methoxy groups -OCH3 is 1. The molecular weight excluding hydrogens is 306 g/mol. The molecule has 0 aliphatic rings. The lowest BCUT2D eigenvalue weighted by Gasteiger charge is -2.21. The fourth-order valence-corrected chi connectivity index (χ4v) is 3.84. The monoisotopic (exact) mass is 325 g/mol. The van der Waals surface area contributed by atoms with E-state index in [0.29, 0.717) is 12.3 Å². The summed E-state index contributed by atoms with van der Waals surface area (Å²) in [6.45, 7) is 3.98. The van der Waals surface area contributed by atoms with Crippen molar-refractivity contribution in [3.63, 3.8) is 0 Å². The predicted octanol–water partition coefficient (Wildman–Crippen LogP) is 1.52. The van der Waals surface area contributed by atoms with Gasteiger partial charge in [0.1, 0.15) is 10.6 Å². The number of pyridine rings is 1. The molecule has 0 saturated heterocycles. The maximum atomic E-state index is 12.9. The summed E-state index contributed by atoms with van der Waals surface area (Å²) in [5.74, 6) is 0.287. The summed E-state index contributed by atoms with van der Waals surface area (Å²) in [6, 6.07) is 3.56. The van der Waals surface area contributed by atoms with Gasteiger partial charge in [-0.25, -0.2) is 8.42 Å². The van der Waals surface area contributed by atoms with Crippen LogP contribution in [0.5, 0.6) is 0 Å². The van der Waals surface area contributed by atoms with Crippen molar-refractivity contribution in [3.8, 4) is 0 Å². The molecule has 0 aliphatic carbocycles. The molecule has 0 amide bonds. The zero-order chi connectivity index (χ0) is 16.2. The Labute approximate surface area is 129 Å². The molecule has 0 radical (unpaired) electrons. The summed E-state index contributed by atoms with van der Waals surface area (Å²) in [4.78, 5) is 4.06. The molecule has 0 spiro atoms. The fraction of sp³-hybridized carbons (Fsp3) is 0.429. The maximum absolute atomic E-state index is 12.9. The highest BCUT2D eigenvalue weighted by atomic mass is 32.2. The standard InChI is InChI=1S/C14H19N3O4S/c1-11-14(12(2)21-16-11)22(18,19)17(8-9-20-3)10-13-4-6-15-7-5-13/h4-7H,8-10H2,1-3H3. The quantitative estimate of drug-likeness (QED) is 0.767. The van der Waals surface area contributed by atoms with Gasteiger partial charge in [-0.05, 0) is 31.5 Å². The molecule has 0 atom stereocenters. The van der Waals surface area contributed by atoms with Gasteiger partial charge in [0.2, 0.25) is 10.0 Å². The molecule has 22 heavy (non-hydrogen) atoms. The molecular formula is C14H19N3O4S. The van der Waals surface area contributed by atoms with Gasteiger partial charge in [0.25, 0.3) is 0 Å². The van der Waals surface area contributed by atoms with Crippen LogP contribution in [0.15, 0.2) is 33.9 Å². The van der Waals surface area contributed by atoms with Crippen LogP contribution in [-0.4, -0.2) is 43.1 Å². The minimum atomic E-state index is -3.71. The molecule has 0 aromatic carbocycles. The number of ether oxygens (including phenoxy) is 1. The van der Waals surface area contributed by atoms with E-state index in [1.165, 1.54) is 11.4 Å². The first-order valence-electron chi connectivity index (χ1n) is 6.77. The van der Waals surface area contributed by atoms with Crippen LogP contribution >= 0.6 is 0 Å². The average molecular weight is 325 g/mol. The molecule has 2 aromatic rings. The predicted molar refractivity (Wildman–Crippen MR) is 79.7 cm³/mol. The van der Waals surface area contributed by atoms with Gasteiger partial charge in [-0.3, -0.25) is 4.98 Å². The zero-order valence-corrected chi connectivity index (χ0v) is 13.6. The summed E-state index contributed by atoms with van der Waals surface area (Å²) in [5, 5.41) is 3.73. The van der Waals surface area contributed by atoms with Crippen LogP contribution in [0.25, 0.3) is 0 Å². The zero-order valence-electron chi connectivity index (χ0n) is 12.8. The minimum absolute atomic E-state index is 0.123. The van der Waals surface area contributed by atoms with Crippen molar-refractivity contribution in [2.24, 2.45) is 0 Å². The van der Waals surface area contributed by atoms with Crippen LogP contribution in [0.2, 0.25) is 0 Å². The SMILES string of the molecule is COCCN(Cc1ccncc1)S(=O)(=O)c1c(C)noc1C. The molecule has 2 rings (SSSR count). The lowest BCUT2D eigenvalue weighted by molar-refractivity contribution is 0.177. The van der Waals surface area contributed by atoms with E-state index in [0.717, 1.165) is 5.56 Å². The van der Waals surface area contributed by atoms with Crippen molar-refractivity contribution in [1.29, 1.82) is 0 Å². The van der Waals surface area contributed by atoms with Gasteiger partial charge in [-0.2, -0.15) is 4.31 Å². The first-order chi connectivity index (χ1) is 10.5. The molecule has 2 heterocycles. The molecule has 0 aliphatic heterocycles. The van der Waals surface area contributed by atoms with Crippen molar-refractivity contribution < 1.29 is 17.7 Å². The van der Waals surface area contributed by atoms with E-state index >= 15 is 0 Å². The van der Waals surface area contributed by atoms with Crippen LogP contribution in [0.1, 0.15) is 17.0 Å². The van der Waals surface area contributed by atoms with Gasteiger partial charge >= 0.3 is 0 Å². The number of nitrogens with zero attached hydrogens (tertiary/aromatic N) is 3. The van der Waals surface area contributed by atoms with Gasteiger partial charge in [0.15, 0.2) is 5.76 Å². The second kappa shape index (κ2) is 6.99. The van der Waals surface area contributed by atoms with E-state index in [-0.39, 0.29) is 23.7 Å². The van der Waals surface area contributed by atoms with E-state index in [1.807, 2.05) is 0 Å². The second-order valence-corrected chi connectivity index (χ2v) is 6.71. The van der Waals surface area contributed by atoms with E-state index < -0.39 is 10.0 Å². The summed E-state index contributed by atoms with van der Waals surface area (Å²) in [6.07, 6.45) is 3.26. The minimum Gasteiger partial charge on any atom is -0.383 e. The number of hydrogen-bond donors (Lipinski definition) is 0. The molecule has 120 valence electrons. The van der Waals surface area contributed by atoms with Crippen molar-refractivity contribution in [2.75, 3.05) is 20.3 Å². The van der Waals surface area contributed by atoms with Crippen molar-refractivity contribution in [1.82, 2.24) is 14.4 Å². The number of sulfonamides is 1. The summed E-state index contributed by atoms with van der Waals surface area (Å²) >= 11 is 0. The van der Waals surface area contributed by atoms with Crippen molar-refractivity contribution >= 4 is 10.0 Å². The van der Waals surface area contributed by atoms with Crippen LogP contribution < -0.4 is 0 Å². The third-order valence-corrected chi connectivity index (χ3v) is 5.31. The molecule has 7 nitrogen and oxygen atoms in total. The van der Waals surface area contributed by atoms with Gasteiger partial charge in [-0.15, -0.1) is 0 Å². The van der Waals surface area contributed by atoms with Crippen molar-refractivity contribution in [2.45, 2.75) is 25.3 Å². The second-order valence-electron chi connectivity index (χ2n) is 4.84. The third kappa shape index (κ3) is 3.52. The van der Waals surface area contributed by atoms with Gasteiger partial charge < -0.3 is 9.26 Å². The van der Waals surface area contributed by atoms with E-state index in [1.54, 1.807) is 38.4 Å². The summed E-state index contributed by atoms with van der Waals surface area (Å²) in [5.41, 5.74) is 1.20. The number of rotatable bonds is 7. The third-order valence-electron chi connectivity index (χ3n) is 3.22. The highest BCUT2D eigenvalue weighted by Gasteiger charge is 2.30. The molecule has 8 heteroatoms. The fourth-order valence-electron chi connectivity index (χ4n) is 2.14. The van der Waals surface area contributed by atoms with Crippen LogP contribution in [-0.2, 0) is 21.3 Å². The molecule has 0 saturated carbocycles. The lowest BCUT2D eigenvalue weighted by atomic mass is 10.3. The van der Waals surface area contributed by atoms with Crippen LogP contribution in [0, 0.1) is 13.8 Å². The summed E-state index contributed by atoms with van der Waals surface area (Å²) < 4.78 is 37.2. The Bertz CT molecular complexity index is 693. The number of aromatic nitrogens is 2. The Morgan fingerprint density at radius 2 is 1.95 bits per heavy atom. The first-order valence-corrected chi connectivity index (χ1v) is 8.21. The molecule has 0 N–H and O–H groups in total. The van der Waals surface area contributed by atoms with Crippen LogP contribution in [0.3, 0.4) is 0 Å². The normalized spacial score (nSPS) is 12.0. The smallest absolute Gasteiger partial charge is 0.248 e. The lowest BCUT2D eigenvalue weighted by Crippen LogP contribution is -2.34. The Balaban J connectivity index is 2.36. The molecule has 2 aromatic heterocycles. The Kier molecular flexibility index (Phi) is 5.28. The largest absolute Gasteiger partial charge is 0.383 e. The number of aryl methyl sites for hydroxylation is 2. The molecule has 0 bridgehead atoms. The molecule has 0 fully saturated rings. The van der Waals surface area contributed by atoms with Gasteiger partial charge in [0.05, 0.1) is 6.61 Å². The van der Waals surface area contributed by atoms with Crippen molar-refractivity contribution in [3.05, 3.63) is 41.5 Å². The average Bonchev–Trinajstić information content (AvgIpc) is 2.84. The topological polar surface area (TPSA) is 85.5 Å². The van der Waals surface area contributed by atoms with E-state index in [2.05, 4.69) is 10.1 Å². The first kappa shape index (κ1) is 16.6. The maximum Gasteiger partial charge on any atom is 0.248 e. The van der Waals surface area contributed by atoms with Gasteiger partial charge in [-0.1, -0.05) is 5.16 Å². The van der Waals surface area contributed by atoms with E-state index in [9.17, 15) is 8.42 Å². The van der Waals surface area contributed by atoms with Crippen LogP contribution in [0.4, 0.5) is 0 Å². The Hall–Kier alpha value is -1.77. The van der Waals surface area contributed by atoms with E-state index in [4.69, 9.17) is 9.26 Å². The Morgan fingerprint density at radius 1 is 1.27 bits per heavy atom.